The highest BCUT2D eigenvalue weighted by atomic mass is 15.1. The van der Waals surface area contributed by atoms with Crippen molar-refractivity contribution >= 4 is 38.9 Å². The molecule has 0 heterocycles. The monoisotopic (exact) mass is 459 g/mol. The summed E-state index contributed by atoms with van der Waals surface area (Å²) in [6.45, 7) is 0. The van der Waals surface area contributed by atoms with Gasteiger partial charge < -0.3 is 11.1 Å². The molecule has 8 rings (SSSR count). The SMILES string of the molecule is NC(=Nc1ccc2c3c(cccc13)-c1ccccc1-2)Nc1ccc2c3c(cccc13)-c1ccccc1-2. The Morgan fingerprint density at radius 3 is 1.56 bits per heavy atom. The molecule has 0 saturated heterocycles. The van der Waals surface area contributed by atoms with Gasteiger partial charge in [-0.05, 0) is 67.4 Å². The minimum atomic E-state index is 0.377. The lowest BCUT2D eigenvalue weighted by Crippen LogP contribution is -2.22. The summed E-state index contributed by atoms with van der Waals surface area (Å²) >= 11 is 0. The smallest absolute Gasteiger partial charge is 0.198 e. The molecule has 0 fully saturated rings. The molecule has 36 heavy (non-hydrogen) atoms. The lowest BCUT2D eigenvalue weighted by Gasteiger charge is -2.12. The third kappa shape index (κ3) is 2.54. The fourth-order valence-electron chi connectivity index (χ4n) is 6.10. The summed E-state index contributed by atoms with van der Waals surface area (Å²) in [6, 6.07) is 38.6. The van der Waals surface area contributed by atoms with Crippen molar-refractivity contribution in [2.75, 3.05) is 5.32 Å². The largest absolute Gasteiger partial charge is 0.369 e. The highest BCUT2D eigenvalue weighted by molar-refractivity contribution is 6.20. The van der Waals surface area contributed by atoms with E-state index in [0.717, 1.165) is 22.1 Å². The lowest BCUT2D eigenvalue weighted by atomic mass is 10.0. The second-order valence-electron chi connectivity index (χ2n) is 9.46. The van der Waals surface area contributed by atoms with E-state index in [-0.39, 0.29) is 0 Å². The average Bonchev–Trinajstić information content (AvgIpc) is 3.43. The van der Waals surface area contributed by atoms with Gasteiger partial charge in [0, 0.05) is 16.5 Å². The van der Waals surface area contributed by atoms with Crippen molar-refractivity contribution in [3.63, 3.8) is 0 Å². The first-order valence-corrected chi connectivity index (χ1v) is 12.2. The summed E-state index contributed by atoms with van der Waals surface area (Å²) in [5, 5.41) is 8.17. The van der Waals surface area contributed by atoms with Gasteiger partial charge in [-0.15, -0.1) is 0 Å². The van der Waals surface area contributed by atoms with Crippen LogP contribution in [0.1, 0.15) is 0 Å². The van der Waals surface area contributed by atoms with Gasteiger partial charge >= 0.3 is 0 Å². The molecule has 0 saturated carbocycles. The number of fused-ring (bicyclic) bond motifs is 6. The van der Waals surface area contributed by atoms with E-state index in [1.165, 1.54) is 55.3 Å². The van der Waals surface area contributed by atoms with Gasteiger partial charge in [0.15, 0.2) is 5.96 Å². The maximum absolute atomic E-state index is 6.51. The summed E-state index contributed by atoms with van der Waals surface area (Å²) in [7, 11) is 0. The normalized spacial score (nSPS) is 12.7. The number of nitrogens with zero attached hydrogens (tertiary/aromatic N) is 1. The molecule has 168 valence electrons. The van der Waals surface area contributed by atoms with Crippen LogP contribution in [0.2, 0.25) is 0 Å². The molecule has 3 nitrogen and oxygen atoms in total. The molecule has 0 aromatic heterocycles. The zero-order valence-corrected chi connectivity index (χ0v) is 19.4. The molecule has 0 radical (unpaired) electrons. The zero-order chi connectivity index (χ0) is 23.8. The number of aliphatic imine (C=N–C) groups is 1. The quantitative estimate of drug-likeness (QED) is 0.202. The third-order valence-electron chi connectivity index (χ3n) is 7.58. The van der Waals surface area contributed by atoms with Gasteiger partial charge in [-0.2, -0.15) is 0 Å². The predicted octanol–water partition coefficient (Wildman–Crippen LogP) is 8.35. The van der Waals surface area contributed by atoms with Gasteiger partial charge in [0.2, 0.25) is 0 Å². The highest BCUT2D eigenvalue weighted by Crippen LogP contribution is 2.50. The minimum absolute atomic E-state index is 0.377. The van der Waals surface area contributed by atoms with Gasteiger partial charge in [0.05, 0.1) is 5.69 Å². The minimum Gasteiger partial charge on any atom is -0.369 e. The van der Waals surface area contributed by atoms with Crippen LogP contribution in [0.3, 0.4) is 0 Å². The topological polar surface area (TPSA) is 50.4 Å². The van der Waals surface area contributed by atoms with Crippen LogP contribution < -0.4 is 11.1 Å². The maximum atomic E-state index is 6.51. The van der Waals surface area contributed by atoms with Crippen LogP contribution in [0.15, 0.2) is 114 Å². The number of guanidine groups is 1. The van der Waals surface area contributed by atoms with E-state index in [0.29, 0.717) is 5.96 Å². The fourth-order valence-corrected chi connectivity index (χ4v) is 6.10. The maximum Gasteiger partial charge on any atom is 0.198 e. The second-order valence-corrected chi connectivity index (χ2v) is 9.46. The Morgan fingerprint density at radius 1 is 0.472 bits per heavy atom. The Bertz CT molecular complexity index is 1870. The van der Waals surface area contributed by atoms with Crippen molar-refractivity contribution in [1.82, 2.24) is 0 Å². The van der Waals surface area contributed by atoms with E-state index in [1.807, 2.05) is 0 Å². The van der Waals surface area contributed by atoms with Crippen molar-refractivity contribution in [2.45, 2.75) is 0 Å². The van der Waals surface area contributed by atoms with Crippen molar-refractivity contribution in [3.05, 3.63) is 109 Å². The van der Waals surface area contributed by atoms with Crippen LogP contribution in [0, 0.1) is 0 Å². The molecule has 0 spiro atoms. The standard InChI is InChI=1S/C33H21N3/c34-33(35-29-17-15-25-21-9-3-1-7-19(21)23-11-5-13-27(29)31(23)25)36-30-18-16-26-22-10-4-2-8-20(22)24-12-6-14-28(30)32(24)26/h1-18H,(H3,34,35,36). The van der Waals surface area contributed by atoms with Crippen LogP contribution in [0.25, 0.3) is 66.1 Å². The van der Waals surface area contributed by atoms with E-state index in [4.69, 9.17) is 10.7 Å². The molecule has 0 aliphatic heterocycles. The lowest BCUT2D eigenvalue weighted by molar-refractivity contribution is 1.47. The Morgan fingerprint density at radius 2 is 0.944 bits per heavy atom. The second kappa shape index (κ2) is 7.06. The first-order valence-electron chi connectivity index (χ1n) is 12.2. The Labute approximate surface area is 208 Å². The number of nitrogens with one attached hydrogen (secondary N) is 1. The van der Waals surface area contributed by atoms with Crippen LogP contribution in [0.4, 0.5) is 11.4 Å². The number of hydrogen-bond donors (Lipinski definition) is 2. The summed E-state index contributed by atoms with van der Waals surface area (Å²) in [5.74, 6) is 0.377. The van der Waals surface area contributed by atoms with E-state index in [2.05, 4.69) is 115 Å². The summed E-state index contributed by atoms with van der Waals surface area (Å²) < 4.78 is 0. The van der Waals surface area contributed by atoms with Crippen LogP contribution in [0.5, 0.6) is 0 Å². The molecule has 0 amide bonds. The van der Waals surface area contributed by atoms with Gasteiger partial charge in [0.1, 0.15) is 0 Å². The number of rotatable bonds is 2. The van der Waals surface area contributed by atoms with E-state index >= 15 is 0 Å². The van der Waals surface area contributed by atoms with E-state index in [9.17, 15) is 0 Å². The number of benzene rings is 6. The molecule has 3 N–H and O–H groups in total. The van der Waals surface area contributed by atoms with Crippen LogP contribution >= 0.6 is 0 Å². The summed E-state index contributed by atoms with van der Waals surface area (Å²) in [5.41, 5.74) is 18.5. The predicted molar refractivity (Wildman–Crippen MR) is 152 cm³/mol. The molecule has 2 aliphatic carbocycles. The van der Waals surface area contributed by atoms with Gasteiger partial charge in [-0.3, -0.25) is 0 Å². The van der Waals surface area contributed by atoms with Crippen molar-refractivity contribution in [3.8, 4) is 44.5 Å². The zero-order valence-electron chi connectivity index (χ0n) is 19.4. The Hall–Kier alpha value is -4.89. The van der Waals surface area contributed by atoms with Gasteiger partial charge in [-0.25, -0.2) is 4.99 Å². The van der Waals surface area contributed by atoms with Crippen molar-refractivity contribution < 1.29 is 0 Å². The van der Waals surface area contributed by atoms with Crippen molar-refractivity contribution in [2.24, 2.45) is 10.7 Å². The molecule has 3 heteroatoms. The molecule has 6 aromatic rings. The first-order chi connectivity index (χ1) is 17.8. The van der Waals surface area contributed by atoms with Gasteiger partial charge in [0.25, 0.3) is 0 Å². The van der Waals surface area contributed by atoms with Gasteiger partial charge in [-0.1, -0.05) is 97.1 Å². The van der Waals surface area contributed by atoms with Crippen LogP contribution in [-0.4, -0.2) is 5.96 Å². The third-order valence-corrected chi connectivity index (χ3v) is 7.58. The molecule has 0 unspecified atom stereocenters. The van der Waals surface area contributed by atoms with Crippen molar-refractivity contribution in [1.29, 1.82) is 0 Å². The average molecular weight is 460 g/mol. The van der Waals surface area contributed by atoms with E-state index < -0.39 is 0 Å². The van der Waals surface area contributed by atoms with Crippen LogP contribution in [-0.2, 0) is 0 Å². The number of anilines is 1. The van der Waals surface area contributed by atoms with E-state index in [1.54, 1.807) is 0 Å². The molecule has 0 bridgehead atoms. The molecular weight excluding hydrogens is 438 g/mol. The number of nitrogens with two attached hydrogens (primary N) is 1. The fraction of sp³-hybridized carbons (Fsp3) is 0. The first kappa shape index (κ1) is 19.4. The molecule has 2 aliphatic rings. The summed E-state index contributed by atoms with van der Waals surface area (Å²) in [4.78, 5) is 4.85. The summed E-state index contributed by atoms with van der Waals surface area (Å²) in [6.07, 6.45) is 0. The molecule has 6 aromatic carbocycles. The Kier molecular flexibility index (Phi) is 3.81. The highest BCUT2D eigenvalue weighted by Gasteiger charge is 2.23. The molecular formula is C33H21N3. The molecule has 0 atom stereocenters. The number of hydrogen-bond acceptors (Lipinski definition) is 1. The Balaban J connectivity index is 1.23.